The van der Waals surface area contributed by atoms with Crippen molar-refractivity contribution >= 4 is 11.4 Å². The van der Waals surface area contributed by atoms with E-state index in [1.807, 2.05) is 13.0 Å². The van der Waals surface area contributed by atoms with Crippen LogP contribution < -0.4 is 5.32 Å². The number of anilines is 1. The average molecular weight is 279 g/mol. The Bertz CT molecular complexity index is 479. The van der Waals surface area contributed by atoms with E-state index in [-0.39, 0.29) is 16.7 Å². The van der Waals surface area contributed by atoms with Crippen molar-refractivity contribution in [1.82, 2.24) is 4.90 Å². The molecule has 1 saturated heterocycles. The molecule has 0 aliphatic carbocycles. The van der Waals surface area contributed by atoms with Gasteiger partial charge in [-0.3, -0.25) is 15.0 Å². The van der Waals surface area contributed by atoms with Crippen LogP contribution in [0, 0.1) is 10.1 Å². The van der Waals surface area contributed by atoms with E-state index in [0.29, 0.717) is 12.2 Å². The van der Waals surface area contributed by atoms with Gasteiger partial charge in [0.2, 0.25) is 0 Å². The summed E-state index contributed by atoms with van der Waals surface area (Å²) >= 11 is 0. The number of hydrogen-bond donors (Lipinski definition) is 1. The Hall–Kier alpha value is -1.66. The number of likely N-dealkylation sites (tertiary alicyclic amines) is 1. The Labute approximate surface area is 118 Å². The van der Waals surface area contributed by atoms with Gasteiger partial charge in [0, 0.05) is 39.4 Å². The van der Waals surface area contributed by atoms with Crippen LogP contribution in [0.15, 0.2) is 18.2 Å². The van der Waals surface area contributed by atoms with Gasteiger partial charge in [-0.25, -0.2) is 0 Å². The van der Waals surface area contributed by atoms with Crippen LogP contribution in [-0.2, 0) is 11.3 Å². The second-order valence-electron chi connectivity index (χ2n) is 5.02. The van der Waals surface area contributed by atoms with Gasteiger partial charge in [-0.1, -0.05) is 6.07 Å². The molecule has 0 amide bonds. The molecule has 1 unspecified atom stereocenters. The standard InChI is InChI=1S/C14H21N3O3/c1-3-15-13-5-4-11(8-14(13)17(18)19)9-16-7-6-12(10-16)20-2/h4-5,8,12,15H,3,6-7,9-10H2,1-2H3. The summed E-state index contributed by atoms with van der Waals surface area (Å²) in [5.74, 6) is 0. The maximum atomic E-state index is 11.1. The average Bonchev–Trinajstić information content (AvgIpc) is 2.88. The summed E-state index contributed by atoms with van der Waals surface area (Å²) in [5, 5.41) is 14.1. The van der Waals surface area contributed by atoms with E-state index >= 15 is 0 Å². The number of hydrogen-bond acceptors (Lipinski definition) is 5. The highest BCUT2D eigenvalue weighted by atomic mass is 16.6. The Morgan fingerprint density at radius 3 is 2.95 bits per heavy atom. The quantitative estimate of drug-likeness (QED) is 0.639. The first-order valence-electron chi connectivity index (χ1n) is 6.90. The molecule has 0 aromatic heterocycles. The molecule has 1 heterocycles. The maximum Gasteiger partial charge on any atom is 0.292 e. The first-order valence-corrected chi connectivity index (χ1v) is 6.90. The molecule has 6 heteroatoms. The highest BCUT2D eigenvalue weighted by Gasteiger charge is 2.23. The summed E-state index contributed by atoms with van der Waals surface area (Å²) in [7, 11) is 1.73. The zero-order valence-corrected chi connectivity index (χ0v) is 12.0. The zero-order chi connectivity index (χ0) is 14.5. The smallest absolute Gasteiger partial charge is 0.292 e. The van der Waals surface area contributed by atoms with Crippen molar-refractivity contribution < 1.29 is 9.66 Å². The van der Waals surface area contributed by atoms with Gasteiger partial charge in [0.05, 0.1) is 11.0 Å². The number of methoxy groups -OCH3 is 1. The van der Waals surface area contributed by atoms with Crippen molar-refractivity contribution in [3.63, 3.8) is 0 Å². The molecule has 0 radical (unpaired) electrons. The van der Waals surface area contributed by atoms with Crippen LogP contribution in [0.3, 0.4) is 0 Å². The molecule has 1 fully saturated rings. The molecule has 20 heavy (non-hydrogen) atoms. The number of benzene rings is 1. The third-order valence-corrected chi connectivity index (χ3v) is 3.59. The number of nitro groups is 1. The normalized spacial score (nSPS) is 19.2. The van der Waals surface area contributed by atoms with Gasteiger partial charge in [0.15, 0.2) is 0 Å². The maximum absolute atomic E-state index is 11.1. The van der Waals surface area contributed by atoms with Crippen molar-refractivity contribution in [2.75, 3.05) is 32.1 Å². The lowest BCUT2D eigenvalue weighted by Gasteiger charge is -2.16. The summed E-state index contributed by atoms with van der Waals surface area (Å²) in [4.78, 5) is 13.1. The van der Waals surface area contributed by atoms with Crippen molar-refractivity contribution in [1.29, 1.82) is 0 Å². The van der Waals surface area contributed by atoms with Crippen LogP contribution in [0.25, 0.3) is 0 Å². The molecule has 110 valence electrons. The second-order valence-corrected chi connectivity index (χ2v) is 5.02. The van der Waals surface area contributed by atoms with Crippen LogP contribution in [0.4, 0.5) is 11.4 Å². The van der Waals surface area contributed by atoms with Gasteiger partial charge in [0.1, 0.15) is 5.69 Å². The minimum atomic E-state index is -0.330. The molecule has 1 atom stereocenters. The largest absolute Gasteiger partial charge is 0.380 e. The van der Waals surface area contributed by atoms with E-state index in [2.05, 4.69) is 10.2 Å². The molecule has 1 aromatic carbocycles. The van der Waals surface area contributed by atoms with Crippen LogP contribution in [0.5, 0.6) is 0 Å². The summed E-state index contributed by atoms with van der Waals surface area (Å²) < 4.78 is 5.33. The first kappa shape index (κ1) is 14.7. The molecule has 1 aliphatic rings. The van der Waals surface area contributed by atoms with E-state index in [9.17, 15) is 10.1 Å². The number of rotatable bonds is 6. The van der Waals surface area contributed by atoms with Gasteiger partial charge in [0.25, 0.3) is 5.69 Å². The summed E-state index contributed by atoms with van der Waals surface area (Å²) in [6.45, 7) is 5.18. The SMILES string of the molecule is CCNc1ccc(CN2CCC(OC)C2)cc1[N+](=O)[O-]. The number of nitrogens with one attached hydrogen (secondary N) is 1. The van der Waals surface area contributed by atoms with E-state index < -0.39 is 0 Å². The monoisotopic (exact) mass is 279 g/mol. The fourth-order valence-electron chi connectivity index (χ4n) is 2.56. The minimum Gasteiger partial charge on any atom is -0.380 e. The van der Waals surface area contributed by atoms with E-state index in [4.69, 9.17) is 4.74 Å². The van der Waals surface area contributed by atoms with Gasteiger partial charge in [-0.05, 0) is 25.0 Å². The molecular weight excluding hydrogens is 258 g/mol. The van der Waals surface area contributed by atoms with Gasteiger partial charge < -0.3 is 10.1 Å². The molecule has 1 N–H and O–H groups in total. The fourth-order valence-corrected chi connectivity index (χ4v) is 2.56. The Morgan fingerprint density at radius 2 is 2.35 bits per heavy atom. The van der Waals surface area contributed by atoms with E-state index in [1.54, 1.807) is 19.2 Å². The molecule has 0 spiro atoms. The van der Waals surface area contributed by atoms with Crippen molar-refractivity contribution in [3.05, 3.63) is 33.9 Å². The van der Waals surface area contributed by atoms with Crippen molar-refractivity contribution in [2.24, 2.45) is 0 Å². The lowest BCUT2D eigenvalue weighted by atomic mass is 10.1. The Morgan fingerprint density at radius 1 is 1.55 bits per heavy atom. The number of ether oxygens (including phenoxy) is 1. The van der Waals surface area contributed by atoms with Crippen molar-refractivity contribution in [2.45, 2.75) is 26.0 Å². The van der Waals surface area contributed by atoms with Crippen LogP contribution >= 0.6 is 0 Å². The first-order chi connectivity index (χ1) is 9.63. The van der Waals surface area contributed by atoms with Crippen LogP contribution in [0.1, 0.15) is 18.9 Å². The lowest BCUT2D eigenvalue weighted by molar-refractivity contribution is -0.384. The molecule has 0 bridgehead atoms. The number of nitrogens with zero attached hydrogens (tertiary/aromatic N) is 2. The summed E-state index contributed by atoms with van der Waals surface area (Å²) in [5.41, 5.74) is 1.69. The van der Waals surface area contributed by atoms with Gasteiger partial charge in [-0.2, -0.15) is 0 Å². The topological polar surface area (TPSA) is 67.6 Å². The second kappa shape index (κ2) is 6.67. The van der Waals surface area contributed by atoms with Crippen LogP contribution in [0.2, 0.25) is 0 Å². The fraction of sp³-hybridized carbons (Fsp3) is 0.571. The third-order valence-electron chi connectivity index (χ3n) is 3.59. The molecule has 2 rings (SSSR count). The minimum absolute atomic E-state index is 0.145. The lowest BCUT2D eigenvalue weighted by Crippen LogP contribution is -2.22. The molecular formula is C14H21N3O3. The molecule has 0 saturated carbocycles. The third kappa shape index (κ3) is 3.46. The number of nitro benzene ring substituents is 1. The van der Waals surface area contributed by atoms with E-state index in [0.717, 1.165) is 31.6 Å². The molecule has 1 aromatic rings. The summed E-state index contributed by atoms with van der Waals surface area (Å²) in [6.07, 6.45) is 1.31. The Balaban J connectivity index is 2.09. The predicted octanol–water partition coefficient (Wildman–Crippen LogP) is 2.25. The predicted molar refractivity (Wildman–Crippen MR) is 78.0 cm³/mol. The molecule has 6 nitrogen and oxygen atoms in total. The highest BCUT2D eigenvalue weighted by molar-refractivity contribution is 5.62. The van der Waals surface area contributed by atoms with Crippen molar-refractivity contribution in [3.8, 4) is 0 Å². The van der Waals surface area contributed by atoms with Gasteiger partial charge >= 0.3 is 0 Å². The Kier molecular flexibility index (Phi) is 4.92. The van der Waals surface area contributed by atoms with Gasteiger partial charge in [-0.15, -0.1) is 0 Å². The summed E-state index contributed by atoms with van der Waals surface area (Å²) in [6, 6.07) is 5.41. The zero-order valence-electron chi connectivity index (χ0n) is 12.0. The van der Waals surface area contributed by atoms with Crippen LogP contribution in [-0.4, -0.2) is 42.7 Å². The highest BCUT2D eigenvalue weighted by Crippen LogP contribution is 2.26. The molecule has 1 aliphatic heterocycles. The van der Waals surface area contributed by atoms with E-state index in [1.165, 1.54) is 0 Å².